The van der Waals surface area contributed by atoms with Gasteiger partial charge in [-0.3, -0.25) is 19.2 Å². The molecule has 4 aliphatic rings. The minimum atomic E-state index is -2.34. The van der Waals surface area contributed by atoms with Crippen molar-refractivity contribution in [2.24, 2.45) is 22.7 Å². The Labute approximate surface area is 359 Å². The van der Waals surface area contributed by atoms with Gasteiger partial charge in [0, 0.05) is 37.2 Å². The van der Waals surface area contributed by atoms with E-state index in [1.54, 1.807) is 99.6 Å². The number of benzene rings is 3. The predicted molar refractivity (Wildman–Crippen MR) is 221 cm³/mol. The van der Waals surface area contributed by atoms with Crippen molar-refractivity contribution in [2.75, 3.05) is 0 Å². The third kappa shape index (κ3) is 7.31. The topological polar surface area (TPSA) is 212 Å². The SMILES string of the molecule is CC(=O)O[C@H]1C(=O)C2(C)C([C@H](OC(=O)c3ccccc3)[C@]3(O)C[C@H](OC(=O)[C@H](O)C(NC(=O)c4ccccc4)c4ccccc4)C(C)=C1C3(C)C)[C@]1(OC(C)=O)CC[C@@H]1C[C@@H]2O. The van der Waals surface area contributed by atoms with Crippen LogP contribution in [0.5, 0.6) is 0 Å². The van der Waals surface area contributed by atoms with Crippen LogP contribution >= 0.6 is 0 Å². The van der Waals surface area contributed by atoms with Crippen LogP contribution in [0, 0.1) is 22.7 Å². The highest BCUT2D eigenvalue weighted by molar-refractivity contribution is 5.96. The van der Waals surface area contributed by atoms with Gasteiger partial charge in [0.25, 0.3) is 5.91 Å². The van der Waals surface area contributed by atoms with Crippen LogP contribution in [0.25, 0.3) is 0 Å². The van der Waals surface area contributed by atoms with Crippen LogP contribution in [0.2, 0.25) is 0 Å². The minimum Gasteiger partial charge on any atom is -0.458 e. The van der Waals surface area contributed by atoms with Crippen LogP contribution in [-0.2, 0) is 38.1 Å². The molecule has 1 amide bonds. The molecule has 328 valence electrons. The number of Topliss-reactive ketones (excluding diaryl/α,β-unsaturated/α-hetero) is 1. The number of rotatable bonds is 10. The second-order valence-electron chi connectivity index (χ2n) is 17.8. The fourth-order valence-electron chi connectivity index (χ4n) is 10.7. The van der Waals surface area contributed by atoms with Gasteiger partial charge in [0.05, 0.1) is 29.0 Å². The van der Waals surface area contributed by atoms with E-state index in [9.17, 15) is 39.3 Å². The number of ketones is 1. The zero-order valence-electron chi connectivity index (χ0n) is 35.5. The molecule has 0 heterocycles. The summed E-state index contributed by atoms with van der Waals surface area (Å²) in [5.74, 6) is -7.00. The van der Waals surface area contributed by atoms with Gasteiger partial charge in [0.15, 0.2) is 18.0 Å². The molecule has 3 fully saturated rings. The molecule has 11 atom stereocenters. The van der Waals surface area contributed by atoms with Gasteiger partial charge >= 0.3 is 23.9 Å². The second-order valence-corrected chi connectivity index (χ2v) is 17.8. The lowest BCUT2D eigenvalue weighted by Crippen LogP contribution is -2.78. The quantitative estimate of drug-likeness (QED) is 0.123. The fourth-order valence-corrected chi connectivity index (χ4v) is 10.7. The molecule has 14 nitrogen and oxygen atoms in total. The lowest BCUT2D eigenvalue weighted by Gasteiger charge is -2.68. The van der Waals surface area contributed by atoms with Crippen molar-refractivity contribution in [1.29, 1.82) is 0 Å². The number of amides is 1. The Hall–Kier alpha value is -5.70. The van der Waals surface area contributed by atoms with Gasteiger partial charge in [0.2, 0.25) is 0 Å². The van der Waals surface area contributed by atoms with Crippen molar-refractivity contribution < 1.29 is 63.0 Å². The Balaban J connectivity index is 1.39. The number of ether oxygens (including phenoxy) is 4. The minimum absolute atomic E-state index is 0.0134. The summed E-state index contributed by atoms with van der Waals surface area (Å²) in [7, 11) is 0. The lowest BCUT2D eigenvalue weighted by atomic mass is 9.41. The normalized spacial score (nSPS) is 31.9. The van der Waals surface area contributed by atoms with E-state index in [0.717, 1.165) is 6.92 Å². The number of aliphatic hydroxyl groups excluding tert-OH is 2. The maximum Gasteiger partial charge on any atom is 0.338 e. The smallest absolute Gasteiger partial charge is 0.338 e. The molecule has 0 radical (unpaired) electrons. The molecule has 14 heteroatoms. The van der Waals surface area contributed by atoms with Crippen LogP contribution in [-0.4, -0.2) is 92.6 Å². The molecular weight excluding hydrogens is 799 g/mol. The monoisotopic (exact) mass is 851 g/mol. The number of hydrogen-bond donors (Lipinski definition) is 4. The lowest BCUT2D eigenvalue weighted by molar-refractivity contribution is -0.296. The Morgan fingerprint density at radius 3 is 1.94 bits per heavy atom. The maximum atomic E-state index is 15.5. The van der Waals surface area contributed by atoms with Gasteiger partial charge in [-0.1, -0.05) is 80.6 Å². The first-order chi connectivity index (χ1) is 29.3. The molecule has 4 aliphatic carbocycles. The Bertz CT molecular complexity index is 2280. The molecule has 3 unspecified atom stereocenters. The molecule has 4 N–H and O–H groups in total. The van der Waals surface area contributed by atoms with E-state index in [0.29, 0.717) is 12.0 Å². The first-order valence-corrected chi connectivity index (χ1v) is 20.9. The van der Waals surface area contributed by atoms with E-state index >= 15 is 4.79 Å². The summed E-state index contributed by atoms with van der Waals surface area (Å²) in [5, 5.41) is 40.4. The summed E-state index contributed by atoms with van der Waals surface area (Å²) in [6.45, 7) is 8.50. The predicted octanol–water partition coefficient (Wildman–Crippen LogP) is 4.75. The van der Waals surface area contributed by atoms with E-state index in [1.807, 2.05) is 0 Å². The van der Waals surface area contributed by atoms with Crippen molar-refractivity contribution in [3.63, 3.8) is 0 Å². The number of carbonyl (C=O) groups excluding carboxylic acids is 6. The number of hydrogen-bond acceptors (Lipinski definition) is 13. The fraction of sp³-hybridized carbons (Fsp3) is 0.458. The largest absolute Gasteiger partial charge is 0.458 e. The molecule has 3 saturated carbocycles. The zero-order chi connectivity index (χ0) is 44.9. The summed E-state index contributed by atoms with van der Waals surface area (Å²) in [5.41, 5.74) is -6.51. The first-order valence-electron chi connectivity index (χ1n) is 20.9. The molecule has 62 heavy (non-hydrogen) atoms. The summed E-state index contributed by atoms with van der Waals surface area (Å²) in [4.78, 5) is 83.6. The summed E-state index contributed by atoms with van der Waals surface area (Å²) in [6.07, 6.45) is -8.27. The van der Waals surface area contributed by atoms with Crippen molar-refractivity contribution in [3.8, 4) is 0 Å². The van der Waals surface area contributed by atoms with Crippen LogP contribution in [0.15, 0.2) is 102 Å². The molecule has 0 spiro atoms. The summed E-state index contributed by atoms with van der Waals surface area (Å²) < 4.78 is 24.6. The van der Waals surface area contributed by atoms with E-state index in [-0.39, 0.29) is 35.1 Å². The molecule has 0 saturated heterocycles. The average Bonchev–Trinajstić information content (AvgIpc) is 3.24. The third-order valence-electron chi connectivity index (χ3n) is 14.1. The van der Waals surface area contributed by atoms with Crippen LogP contribution in [0.3, 0.4) is 0 Å². The number of aliphatic hydroxyl groups is 3. The number of fused-ring (bicyclic) bond motifs is 5. The van der Waals surface area contributed by atoms with E-state index in [4.69, 9.17) is 18.9 Å². The third-order valence-corrected chi connectivity index (χ3v) is 14.1. The molecule has 3 aromatic rings. The van der Waals surface area contributed by atoms with E-state index in [1.165, 1.54) is 26.0 Å². The maximum absolute atomic E-state index is 15.5. The Kier molecular flexibility index (Phi) is 11.8. The first kappa shape index (κ1) is 44.4. The highest BCUT2D eigenvalue weighted by Gasteiger charge is 2.77. The van der Waals surface area contributed by atoms with Gasteiger partial charge in [-0.25, -0.2) is 9.59 Å². The van der Waals surface area contributed by atoms with E-state index in [2.05, 4.69) is 5.32 Å². The Morgan fingerprint density at radius 1 is 0.806 bits per heavy atom. The van der Waals surface area contributed by atoms with Gasteiger partial charge in [-0.05, 0) is 74.1 Å². The number of carbonyl (C=O) groups is 6. The molecule has 2 bridgehead atoms. The highest BCUT2D eigenvalue weighted by Crippen LogP contribution is 2.67. The Morgan fingerprint density at radius 2 is 1.39 bits per heavy atom. The van der Waals surface area contributed by atoms with Crippen molar-refractivity contribution in [2.45, 2.75) is 115 Å². The number of esters is 4. The van der Waals surface area contributed by atoms with Crippen LogP contribution in [0.4, 0.5) is 0 Å². The summed E-state index contributed by atoms with van der Waals surface area (Å²) in [6, 6.07) is 23.1. The van der Waals surface area contributed by atoms with Crippen molar-refractivity contribution >= 4 is 35.6 Å². The summed E-state index contributed by atoms with van der Waals surface area (Å²) >= 11 is 0. The van der Waals surface area contributed by atoms with Crippen LogP contribution in [0.1, 0.15) is 99.5 Å². The highest BCUT2D eigenvalue weighted by atomic mass is 16.6. The molecule has 7 rings (SSSR count). The van der Waals surface area contributed by atoms with Gasteiger partial charge in [-0.2, -0.15) is 0 Å². The van der Waals surface area contributed by atoms with Gasteiger partial charge in [-0.15, -0.1) is 0 Å². The molecular formula is C48H53NO13. The molecule has 0 aliphatic heterocycles. The van der Waals surface area contributed by atoms with Crippen molar-refractivity contribution in [3.05, 3.63) is 119 Å². The van der Waals surface area contributed by atoms with E-state index < -0.39 is 112 Å². The number of nitrogens with one attached hydrogen (secondary N) is 1. The van der Waals surface area contributed by atoms with Gasteiger partial charge < -0.3 is 39.6 Å². The van der Waals surface area contributed by atoms with Gasteiger partial charge in [0.1, 0.15) is 23.4 Å². The van der Waals surface area contributed by atoms with Crippen LogP contribution < -0.4 is 5.32 Å². The molecule has 0 aromatic heterocycles. The molecule has 3 aromatic carbocycles. The zero-order valence-corrected chi connectivity index (χ0v) is 35.5. The standard InChI is InChI=1S/C48H53NO13/c1-26-33(60-44(57)37(53)36(29-16-10-7-11-17-29)49-42(55)30-18-12-8-13-19-30)25-48(58)41(61-43(56)31-20-14-9-15-21-31)39-46(6,34(52)24-32-22-23-47(32,39)62-28(3)51)40(54)38(59-27(2)50)35(26)45(48,4)5/h7-21,32-34,36-39,41,52-53,58H,22-25H2,1-6H3,(H,49,55)/t32-,33+,34+,36?,37-,38-,39?,41+,46?,47+,48-/m1/s1. The van der Waals surface area contributed by atoms with Crippen molar-refractivity contribution in [1.82, 2.24) is 5.32 Å². The second kappa shape index (κ2) is 16.5. The average molecular weight is 852 g/mol.